The summed E-state index contributed by atoms with van der Waals surface area (Å²) in [5.41, 5.74) is 1.40. The quantitative estimate of drug-likeness (QED) is 0.794. The van der Waals surface area contributed by atoms with Crippen molar-refractivity contribution < 1.29 is 0 Å². The van der Waals surface area contributed by atoms with Crippen molar-refractivity contribution in [1.82, 2.24) is 10.2 Å². The molecule has 0 aromatic heterocycles. The van der Waals surface area contributed by atoms with Crippen molar-refractivity contribution in [3.8, 4) is 0 Å². The summed E-state index contributed by atoms with van der Waals surface area (Å²) in [7, 11) is 0. The predicted molar refractivity (Wildman–Crippen MR) is 90.1 cm³/mol. The van der Waals surface area contributed by atoms with Crippen LogP contribution in [0.3, 0.4) is 0 Å². The molecule has 112 valence electrons. The summed E-state index contributed by atoms with van der Waals surface area (Å²) in [5.74, 6) is 0. The van der Waals surface area contributed by atoms with Crippen LogP contribution in [0, 0.1) is 0 Å². The first-order valence-electron chi connectivity index (χ1n) is 7.97. The molecule has 1 aromatic rings. The minimum Gasteiger partial charge on any atom is -0.310 e. The van der Waals surface area contributed by atoms with Crippen LogP contribution >= 0.6 is 15.9 Å². The molecule has 2 atom stereocenters. The van der Waals surface area contributed by atoms with E-state index in [4.69, 9.17) is 0 Å². The third-order valence-electron chi connectivity index (χ3n) is 4.38. The van der Waals surface area contributed by atoms with E-state index in [9.17, 15) is 0 Å². The molecule has 20 heavy (non-hydrogen) atoms. The molecule has 1 aliphatic rings. The van der Waals surface area contributed by atoms with Crippen LogP contribution in [0.2, 0.25) is 0 Å². The van der Waals surface area contributed by atoms with Crippen LogP contribution in [0.4, 0.5) is 0 Å². The highest BCUT2D eigenvalue weighted by Crippen LogP contribution is 2.24. The molecule has 2 unspecified atom stereocenters. The number of hydrogen-bond acceptors (Lipinski definition) is 2. The van der Waals surface area contributed by atoms with E-state index in [1.807, 2.05) is 0 Å². The summed E-state index contributed by atoms with van der Waals surface area (Å²) < 4.78 is 1.17. The van der Waals surface area contributed by atoms with E-state index in [-0.39, 0.29) is 0 Å². The van der Waals surface area contributed by atoms with Gasteiger partial charge in [-0.05, 0) is 56.5 Å². The van der Waals surface area contributed by atoms with Crippen molar-refractivity contribution >= 4 is 15.9 Å². The first-order valence-corrected chi connectivity index (χ1v) is 8.76. The summed E-state index contributed by atoms with van der Waals surface area (Å²) >= 11 is 3.58. The van der Waals surface area contributed by atoms with Crippen LogP contribution < -0.4 is 5.32 Å². The Hall–Kier alpha value is -0.380. The van der Waals surface area contributed by atoms with Gasteiger partial charge in [0.2, 0.25) is 0 Å². The van der Waals surface area contributed by atoms with Gasteiger partial charge < -0.3 is 10.2 Å². The Morgan fingerprint density at radius 1 is 1.40 bits per heavy atom. The van der Waals surface area contributed by atoms with E-state index >= 15 is 0 Å². The average Bonchev–Trinajstić information content (AvgIpc) is 2.91. The fourth-order valence-corrected chi connectivity index (χ4v) is 3.72. The summed E-state index contributed by atoms with van der Waals surface area (Å²) in [4.78, 5) is 2.68. The smallest absolute Gasteiger partial charge is 0.0332 e. The molecule has 1 fully saturated rings. The van der Waals surface area contributed by atoms with E-state index in [2.05, 4.69) is 64.3 Å². The Morgan fingerprint density at radius 3 is 2.95 bits per heavy atom. The highest BCUT2D eigenvalue weighted by atomic mass is 79.9. The number of nitrogens with one attached hydrogen (secondary N) is 1. The minimum atomic E-state index is 0.468. The average molecular weight is 339 g/mol. The molecule has 1 N–H and O–H groups in total. The zero-order valence-corrected chi connectivity index (χ0v) is 14.3. The zero-order chi connectivity index (χ0) is 14.4. The summed E-state index contributed by atoms with van der Waals surface area (Å²) in [5, 5.41) is 3.64. The second-order valence-electron chi connectivity index (χ2n) is 5.69. The molecule has 0 amide bonds. The zero-order valence-electron chi connectivity index (χ0n) is 12.7. The van der Waals surface area contributed by atoms with E-state index in [0.717, 1.165) is 12.6 Å². The van der Waals surface area contributed by atoms with Gasteiger partial charge in [0.05, 0.1) is 0 Å². The third kappa shape index (κ3) is 4.31. The highest BCUT2D eigenvalue weighted by Gasteiger charge is 2.23. The summed E-state index contributed by atoms with van der Waals surface area (Å²) in [6.07, 6.45) is 5.25. The lowest BCUT2D eigenvalue weighted by molar-refractivity contribution is 0.234. The van der Waals surface area contributed by atoms with Crippen molar-refractivity contribution in [2.24, 2.45) is 0 Å². The van der Waals surface area contributed by atoms with Gasteiger partial charge in [-0.15, -0.1) is 0 Å². The molecule has 1 heterocycles. The first kappa shape index (κ1) is 16.0. The van der Waals surface area contributed by atoms with Crippen LogP contribution in [0.15, 0.2) is 28.7 Å². The fourth-order valence-electron chi connectivity index (χ4n) is 3.30. The first-order chi connectivity index (χ1) is 9.74. The molecule has 0 saturated carbocycles. The molecule has 3 heteroatoms. The largest absolute Gasteiger partial charge is 0.310 e. The van der Waals surface area contributed by atoms with Crippen LogP contribution in [-0.2, 0) is 0 Å². The maximum Gasteiger partial charge on any atom is 0.0332 e. The van der Waals surface area contributed by atoms with Gasteiger partial charge in [0, 0.05) is 23.1 Å². The van der Waals surface area contributed by atoms with E-state index in [0.29, 0.717) is 6.04 Å². The number of nitrogens with zero attached hydrogens (tertiary/aromatic N) is 1. The summed E-state index contributed by atoms with van der Waals surface area (Å²) in [6, 6.07) is 10.00. The van der Waals surface area contributed by atoms with Gasteiger partial charge in [-0.1, -0.05) is 41.9 Å². The molecule has 1 aliphatic heterocycles. The fraction of sp³-hybridized carbons (Fsp3) is 0.647. The van der Waals surface area contributed by atoms with Crippen molar-refractivity contribution in [2.75, 3.05) is 19.6 Å². The number of hydrogen-bond donors (Lipinski definition) is 1. The Labute approximate surface area is 132 Å². The van der Waals surface area contributed by atoms with Gasteiger partial charge in [-0.3, -0.25) is 0 Å². The minimum absolute atomic E-state index is 0.468. The summed E-state index contributed by atoms with van der Waals surface area (Å²) in [6.45, 7) is 8.03. The molecule has 1 aromatic carbocycles. The van der Waals surface area contributed by atoms with Gasteiger partial charge >= 0.3 is 0 Å². The van der Waals surface area contributed by atoms with Crippen LogP contribution in [0.25, 0.3) is 0 Å². The van der Waals surface area contributed by atoms with E-state index in [1.54, 1.807) is 0 Å². The number of halogens is 1. The maximum absolute atomic E-state index is 3.64. The van der Waals surface area contributed by atoms with Gasteiger partial charge in [0.25, 0.3) is 0 Å². The van der Waals surface area contributed by atoms with Gasteiger partial charge in [0.15, 0.2) is 0 Å². The highest BCUT2D eigenvalue weighted by molar-refractivity contribution is 9.10. The lowest BCUT2D eigenvalue weighted by Crippen LogP contribution is -2.32. The molecule has 0 spiro atoms. The third-order valence-corrected chi connectivity index (χ3v) is 4.87. The monoisotopic (exact) mass is 338 g/mol. The standard InChI is InChI=1S/C17H27BrN2/c1-3-16-9-6-11-20(16)12-10-17(19-4-2)14-7-5-8-15(18)13-14/h5,7-8,13,16-17,19H,3-4,6,9-12H2,1-2H3. The Balaban J connectivity index is 1.95. The van der Waals surface area contributed by atoms with Gasteiger partial charge in [0.1, 0.15) is 0 Å². The molecular formula is C17H27BrN2. The van der Waals surface area contributed by atoms with Crippen molar-refractivity contribution in [2.45, 2.75) is 51.6 Å². The van der Waals surface area contributed by atoms with E-state index in [1.165, 1.54) is 48.8 Å². The Kier molecular flexibility index (Phi) is 6.53. The molecule has 2 rings (SSSR count). The number of rotatable bonds is 7. The van der Waals surface area contributed by atoms with Crippen molar-refractivity contribution in [3.05, 3.63) is 34.3 Å². The molecule has 0 radical (unpaired) electrons. The van der Waals surface area contributed by atoms with Crippen LogP contribution in [-0.4, -0.2) is 30.6 Å². The molecule has 0 aliphatic carbocycles. The van der Waals surface area contributed by atoms with Crippen LogP contribution in [0.1, 0.15) is 51.1 Å². The second kappa shape index (κ2) is 8.16. The second-order valence-corrected chi connectivity index (χ2v) is 6.61. The molecular weight excluding hydrogens is 312 g/mol. The maximum atomic E-state index is 3.64. The number of benzene rings is 1. The Bertz CT molecular complexity index is 408. The van der Waals surface area contributed by atoms with E-state index < -0.39 is 0 Å². The Morgan fingerprint density at radius 2 is 2.25 bits per heavy atom. The molecule has 1 saturated heterocycles. The lowest BCUT2D eigenvalue weighted by Gasteiger charge is -2.26. The van der Waals surface area contributed by atoms with Crippen molar-refractivity contribution in [1.29, 1.82) is 0 Å². The van der Waals surface area contributed by atoms with Gasteiger partial charge in [-0.2, -0.15) is 0 Å². The number of likely N-dealkylation sites (tertiary alicyclic amines) is 1. The normalized spacial score (nSPS) is 21.2. The predicted octanol–water partition coefficient (Wildman–Crippen LogP) is 4.36. The van der Waals surface area contributed by atoms with Crippen LogP contribution in [0.5, 0.6) is 0 Å². The van der Waals surface area contributed by atoms with Crippen molar-refractivity contribution in [3.63, 3.8) is 0 Å². The lowest BCUT2D eigenvalue weighted by atomic mass is 10.0. The topological polar surface area (TPSA) is 15.3 Å². The molecule has 0 bridgehead atoms. The van der Waals surface area contributed by atoms with Gasteiger partial charge in [-0.25, -0.2) is 0 Å². The SMILES string of the molecule is CCNC(CCN1CCCC1CC)c1cccc(Br)c1. The molecule has 2 nitrogen and oxygen atoms in total.